The number of nitrogens with zero attached hydrogens (tertiary/aromatic N) is 1. The summed E-state index contributed by atoms with van der Waals surface area (Å²) >= 11 is 0. The second kappa shape index (κ2) is 9.06. The van der Waals surface area contributed by atoms with Crippen molar-refractivity contribution in [2.45, 2.75) is 59.5 Å². The average Bonchev–Trinajstić information content (AvgIpc) is 2.97. The third kappa shape index (κ3) is 4.70. The van der Waals surface area contributed by atoms with Crippen LogP contribution in [0, 0.1) is 12.8 Å². The fraction of sp³-hybridized carbons (Fsp3) is 0.650. The van der Waals surface area contributed by atoms with E-state index in [-0.39, 0.29) is 11.6 Å². The quantitative estimate of drug-likeness (QED) is 0.769. The molecule has 0 aliphatic carbocycles. The summed E-state index contributed by atoms with van der Waals surface area (Å²) in [6.45, 7) is 8.82. The van der Waals surface area contributed by atoms with Crippen molar-refractivity contribution in [2.24, 2.45) is 5.92 Å². The Kier molecular flexibility index (Phi) is 7.05. The Hall–Kier alpha value is -2.31. The van der Waals surface area contributed by atoms with Gasteiger partial charge in [-0.05, 0) is 44.6 Å². The number of esters is 2. The molecule has 1 amide bonds. The standard InChI is InChI=1S/C20H30N2O5/c1-6-7-15-16(19(24)26-5)13(3)21-17(15)20(25)27-14(4)18(23)22-10-8-12(2)9-11-22/h12,14,21H,6-11H2,1-5H3. The minimum absolute atomic E-state index is 0.177. The predicted molar refractivity (Wildman–Crippen MR) is 101 cm³/mol. The number of piperidine rings is 1. The lowest BCUT2D eigenvalue weighted by atomic mass is 9.99. The second-order valence-electron chi connectivity index (χ2n) is 7.28. The van der Waals surface area contributed by atoms with Crippen LogP contribution >= 0.6 is 0 Å². The number of ether oxygens (including phenoxy) is 2. The van der Waals surface area contributed by atoms with Gasteiger partial charge in [-0.2, -0.15) is 0 Å². The summed E-state index contributed by atoms with van der Waals surface area (Å²) < 4.78 is 10.3. The van der Waals surface area contributed by atoms with Crippen LogP contribution in [0.5, 0.6) is 0 Å². The third-order valence-electron chi connectivity index (χ3n) is 5.11. The Morgan fingerprint density at radius 2 is 1.85 bits per heavy atom. The van der Waals surface area contributed by atoms with Gasteiger partial charge in [0.2, 0.25) is 0 Å². The number of carbonyl (C=O) groups is 3. The smallest absolute Gasteiger partial charge is 0.355 e. The Bertz CT molecular complexity index is 701. The zero-order valence-corrected chi connectivity index (χ0v) is 16.9. The molecular formula is C20H30N2O5. The van der Waals surface area contributed by atoms with Crippen molar-refractivity contribution in [1.29, 1.82) is 0 Å². The topological polar surface area (TPSA) is 88.7 Å². The molecular weight excluding hydrogens is 348 g/mol. The summed E-state index contributed by atoms with van der Waals surface area (Å²) in [6, 6.07) is 0. The van der Waals surface area contributed by atoms with E-state index in [9.17, 15) is 14.4 Å². The van der Waals surface area contributed by atoms with Crippen LogP contribution in [0.3, 0.4) is 0 Å². The van der Waals surface area contributed by atoms with E-state index < -0.39 is 18.0 Å². The molecule has 1 aromatic heterocycles. The summed E-state index contributed by atoms with van der Waals surface area (Å²) in [5.74, 6) is -0.674. The van der Waals surface area contributed by atoms with E-state index in [1.54, 1.807) is 18.7 Å². The number of likely N-dealkylation sites (tertiary alicyclic amines) is 1. The molecule has 0 bridgehead atoms. The normalized spacial score (nSPS) is 16.1. The summed E-state index contributed by atoms with van der Waals surface area (Å²) in [6.07, 6.45) is 2.34. The molecule has 0 aromatic carbocycles. The first-order chi connectivity index (χ1) is 12.8. The lowest BCUT2D eigenvalue weighted by Gasteiger charge is -2.31. The number of amides is 1. The van der Waals surface area contributed by atoms with E-state index in [2.05, 4.69) is 11.9 Å². The van der Waals surface area contributed by atoms with Gasteiger partial charge >= 0.3 is 11.9 Å². The molecule has 7 nitrogen and oxygen atoms in total. The van der Waals surface area contributed by atoms with Gasteiger partial charge in [-0.15, -0.1) is 0 Å². The maximum atomic E-state index is 12.7. The largest absolute Gasteiger partial charge is 0.465 e. The van der Waals surface area contributed by atoms with E-state index in [0.717, 1.165) is 19.3 Å². The maximum Gasteiger partial charge on any atom is 0.355 e. The second-order valence-corrected chi connectivity index (χ2v) is 7.28. The molecule has 1 aliphatic rings. The lowest BCUT2D eigenvalue weighted by Crippen LogP contribution is -2.44. The highest BCUT2D eigenvalue weighted by atomic mass is 16.5. The van der Waals surface area contributed by atoms with Crippen molar-refractivity contribution in [3.8, 4) is 0 Å². The van der Waals surface area contributed by atoms with Crippen LogP contribution in [0.15, 0.2) is 0 Å². The van der Waals surface area contributed by atoms with Gasteiger partial charge in [0.25, 0.3) is 5.91 Å². The number of H-pyrrole nitrogens is 1. The molecule has 1 aromatic rings. The van der Waals surface area contributed by atoms with Crippen LogP contribution < -0.4 is 0 Å². The van der Waals surface area contributed by atoms with Crippen LogP contribution in [0.1, 0.15) is 72.1 Å². The number of nitrogens with one attached hydrogen (secondary N) is 1. The number of aryl methyl sites for hydroxylation is 1. The van der Waals surface area contributed by atoms with Gasteiger partial charge in [0, 0.05) is 18.8 Å². The van der Waals surface area contributed by atoms with E-state index in [4.69, 9.17) is 9.47 Å². The number of aromatic nitrogens is 1. The molecule has 1 unspecified atom stereocenters. The van der Waals surface area contributed by atoms with Gasteiger partial charge < -0.3 is 19.4 Å². The van der Waals surface area contributed by atoms with Gasteiger partial charge in [-0.25, -0.2) is 9.59 Å². The lowest BCUT2D eigenvalue weighted by molar-refractivity contribution is -0.141. The first kappa shape index (κ1) is 21.0. The minimum Gasteiger partial charge on any atom is -0.465 e. The van der Waals surface area contributed by atoms with Gasteiger partial charge in [0.15, 0.2) is 6.10 Å². The average molecular weight is 378 g/mol. The van der Waals surface area contributed by atoms with Gasteiger partial charge in [0.05, 0.1) is 12.7 Å². The Morgan fingerprint density at radius 3 is 2.41 bits per heavy atom. The molecule has 2 rings (SSSR count). The maximum absolute atomic E-state index is 12.7. The van der Waals surface area contributed by atoms with Crippen LogP contribution in [-0.4, -0.2) is 54.0 Å². The molecule has 7 heteroatoms. The molecule has 1 saturated heterocycles. The number of carbonyl (C=O) groups excluding carboxylic acids is 3. The number of methoxy groups -OCH3 is 1. The predicted octanol–water partition coefficient (Wildman–Crippen LogP) is 2.87. The minimum atomic E-state index is -0.870. The zero-order valence-electron chi connectivity index (χ0n) is 16.9. The van der Waals surface area contributed by atoms with Gasteiger partial charge in [-0.1, -0.05) is 20.3 Å². The molecule has 1 fully saturated rings. The SMILES string of the molecule is CCCc1c(C(=O)OC(C)C(=O)N2CCC(C)CC2)[nH]c(C)c1C(=O)OC. The Balaban J connectivity index is 2.15. The van der Waals surface area contributed by atoms with Crippen molar-refractivity contribution in [2.75, 3.05) is 20.2 Å². The first-order valence-corrected chi connectivity index (χ1v) is 9.59. The highest BCUT2D eigenvalue weighted by Gasteiger charge is 2.30. The molecule has 0 spiro atoms. The zero-order chi connectivity index (χ0) is 20.1. The number of aromatic amines is 1. The molecule has 2 heterocycles. The van der Waals surface area contributed by atoms with E-state index in [0.29, 0.717) is 42.2 Å². The molecule has 150 valence electrons. The molecule has 0 radical (unpaired) electrons. The highest BCUT2D eigenvalue weighted by Crippen LogP contribution is 2.23. The summed E-state index contributed by atoms with van der Waals surface area (Å²) in [5, 5.41) is 0. The number of hydrogen-bond donors (Lipinski definition) is 1. The summed E-state index contributed by atoms with van der Waals surface area (Å²) in [7, 11) is 1.31. The van der Waals surface area contributed by atoms with Gasteiger partial charge in [-0.3, -0.25) is 4.79 Å². The van der Waals surface area contributed by atoms with Crippen LogP contribution in [0.2, 0.25) is 0 Å². The van der Waals surface area contributed by atoms with Crippen LogP contribution in [0.25, 0.3) is 0 Å². The summed E-state index contributed by atoms with van der Waals surface area (Å²) in [4.78, 5) is 42.0. The van der Waals surface area contributed by atoms with Crippen molar-refractivity contribution >= 4 is 17.8 Å². The Labute approximate surface area is 160 Å². The van der Waals surface area contributed by atoms with E-state index >= 15 is 0 Å². The molecule has 27 heavy (non-hydrogen) atoms. The fourth-order valence-electron chi connectivity index (χ4n) is 3.49. The molecule has 0 saturated carbocycles. The van der Waals surface area contributed by atoms with E-state index in [1.165, 1.54) is 7.11 Å². The van der Waals surface area contributed by atoms with E-state index in [1.807, 2.05) is 6.92 Å². The van der Waals surface area contributed by atoms with Crippen molar-refractivity contribution in [1.82, 2.24) is 9.88 Å². The fourth-order valence-corrected chi connectivity index (χ4v) is 3.49. The van der Waals surface area contributed by atoms with Gasteiger partial charge in [0.1, 0.15) is 5.69 Å². The molecule has 1 atom stereocenters. The highest BCUT2D eigenvalue weighted by molar-refractivity contribution is 5.99. The monoisotopic (exact) mass is 378 g/mol. The van der Waals surface area contributed by atoms with Crippen molar-refractivity contribution < 1.29 is 23.9 Å². The molecule has 1 N–H and O–H groups in total. The number of rotatable bonds is 6. The van der Waals surface area contributed by atoms with Crippen LogP contribution in [-0.2, 0) is 20.7 Å². The number of hydrogen-bond acceptors (Lipinski definition) is 5. The Morgan fingerprint density at radius 1 is 1.22 bits per heavy atom. The van der Waals surface area contributed by atoms with Crippen molar-refractivity contribution in [3.05, 3.63) is 22.5 Å². The summed E-state index contributed by atoms with van der Waals surface area (Å²) in [5.41, 5.74) is 1.73. The van der Waals surface area contributed by atoms with Crippen molar-refractivity contribution in [3.63, 3.8) is 0 Å². The first-order valence-electron chi connectivity index (χ1n) is 9.59. The molecule has 1 aliphatic heterocycles. The van der Waals surface area contributed by atoms with Crippen LogP contribution in [0.4, 0.5) is 0 Å². The third-order valence-corrected chi connectivity index (χ3v) is 5.11.